The molecule has 0 saturated heterocycles. The molecule has 1 unspecified atom stereocenters. The molecule has 1 aromatic carbocycles. The lowest BCUT2D eigenvalue weighted by molar-refractivity contribution is 0.183. The number of anilines is 1. The third kappa shape index (κ3) is 2.75. The van der Waals surface area contributed by atoms with E-state index < -0.39 is 17.4 Å². The van der Waals surface area contributed by atoms with Crippen LogP contribution in [0.1, 0.15) is 18.9 Å². The van der Waals surface area contributed by atoms with Crippen LogP contribution in [-0.4, -0.2) is 23.8 Å². The van der Waals surface area contributed by atoms with Gasteiger partial charge in [-0.3, -0.25) is 0 Å². The van der Waals surface area contributed by atoms with Crippen molar-refractivity contribution in [3.05, 3.63) is 29.6 Å². The van der Waals surface area contributed by atoms with Gasteiger partial charge in [0.05, 0.1) is 12.1 Å². The highest BCUT2D eigenvalue weighted by atomic mass is 19.1. The first-order valence-electron chi connectivity index (χ1n) is 5.69. The Morgan fingerprint density at radius 3 is 3.05 bits per heavy atom. The Hall–Kier alpha value is -2.31. The smallest absolute Gasteiger partial charge is 0.412 e. The predicted octanol–water partition coefficient (Wildman–Crippen LogP) is 1.67. The van der Waals surface area contributed by atoms with Gasteiger partial charge >= 0.3 is 6.09 Å². The number of amidine groups is 1. The number of ether oxygens (including phenoxy) is 1. The quantitative estimate of drug-likeness (QED) is 0.674. The summed E-state index contributed by atoms with van der Waals surface area (Å²) in [6.45, 7) is 1.95. The van der Waals surface area contributed by atoms with Gasteiger partial charge in [-0.2, -0.15) is 0 Å². The van der Waals surface area contributed by atoms with Crippen LogP contribution >= 0.6 is 0 Å². The molecule has 1 aromatic rings. The van der Waals surface area contributed by atoms with E-state index in [4.69, 9.17) is 15.6 Å². The van der Waals surface area contributed by atoms with Crippen LogP contribution in [0.2, 0.25) is 0 Å². The van der Waals surface area contributed by atoms with E-state index in [1.165, 1.54) is 18.2 Å². The maximum atomic E-state index is 13.9. The summed E-state index contributed by atoms with van der Waals surface area (Å²) >= 11 is 0. The summed E-state index contributed by atoms with van der Waals surface area (Å²) in [6, 6.07) is 4.10. The van der Waals surface area contributed by atoms with Crippen LogP contribution in [-0.2, 0) is 10.3 Å². The number of aliphatic imine (C=N–C) groups is 1. The van der Waals surface area contributed by atoms with Gasteiger partial charge in [-0.1, -0.05) is 0 Å². The summed E-state index contributed by atoms with van der Waals surface area (Å²) in [5.74, 6) is -0.433. The molecule has 1 heterocycles. The number of benzene rings is 1. The van der Waals surface area contributed by atoms with E-state index in [0.717, 1.165) is 0 Å². The summed E-state index contributed by atoms with van der Waals surface area (Å²) in [5.41, 5.74) is 5.49. The number of hydrogen-bond donors (Lipinski definition) is 3. The predicted molar refractivity (Wildman–Crippen MR) is 67.3 cm³/mol. The molecular weight excluding hydrogens is 253 g/mol. The van der Waals surface area contributed by atoms with Gasteiger partial charge in [-0.15, -0.1) is 0 Å². The molecule has 1 amide bonds. The number of rotatable bonds is 1. The Balaban J connectivity index is 2.40. The lowest BCUT2D eigenvalue weighted by Gasteiger charge is -2.31. The van der Waals surface area contributed by atoms with Crippen molar-refractivity contribution < 1.29 is 19.0 Å². The fourth-order valence-electron chi connectivity index (χ4n) is 1.96. The first-order chi connectivity index (χ1) is 8.90. The summed E-state index contributed by atoms with van der Waals surface area (Å²) in [6.07, 6.45) is -0.853. The minimum atomic E-state index is -1.28. The number of nitrogens with zero attached hydrogens (tertiary/aromatic N) is 1. The van der Waals surface area contributed by atoms with Gasteiger partial charge in [-0.05, 0) is 25.1 Å². The average molecular weight is 267 g/mol. The molecule has 0 radical (unpaired) electrons. The average Bonchev–Trinajstić information content (AvgIpc) is 2.31. The van der Waals surface area contributed by atoms with Gasteiger partial charge in [0.2, 0.25) is 0 Å². The molecule has 7 heteroatoms. The van der Waals surface area contributed by atoms with Gasteiger partial charge in [-0.25, -0.2) is 19.5 Å². The highest BCUT2D eigenvalue weighted by Crippen LogP contribution is 2.34. The van der Waals surface area contributed by atoms with Crippen LogP contribution < -0.4 is 11.1 Å². The Bertz CT molecular complexity index is 547. The topological polar surface area (TPSA) is 96.9 Å². The first-order valence-corrected chi connectivity index (χ1v) is 5.69. The van der Waals surface area contributed by atoms with E-state index in [-0.39, 0.29) is 12.6 Å². The number of amides is 1. The molecule has 1 atom stereocenters. The Labute approximate surface area is 109 Å². The summed E-state index contributed by atoms with van der Waals surface area (Å²) in [7, 11) is 0. The van der Waals surface area contributed by atoms with Crippen LogP contribution in [0.4, 0.5) is 14.9 Å². The second kappa shape index (κ2) is 4.75. The molecular formula is C12H14FN3O3. The minimum absolute atomic E-state index is 0.136. The lowest BCUT2D eigenvalue weighted by atomic mass is 9.88. The maximum Gasteiger partial charge on any atom is 0.412 e. The number of nitrogens with one attached hydrogen (secondary N) is 1. The Kier molecular flexibility index (Phi) is 3.28. The maximum absolute atomic E-state index is 13.9. The molecule has 19 heavy (non-hydrogen) atoms. The van der Waals surface area contributed by atoms with E-state index in [1.54, 1.807) is 6.92 Å². The Morgan fingerprint density at radius 1 is 1.63 bits per heavy atom. The molecule has 0 aliphatic carbocycles. The zero-order chi connectivity index (χ0) is 14.0. The van der Waals surface area contributed by atoms with Crippen molar-refractivity contribution in [3.63, 3.8) is 0 Å². The molecule has 102 valence electrons. The number of hydrogen-bond acceptors (Lipinski definition) is 4. The van der Waals surface area contributed by atoms with Crippen molar-refractivity contribution in [2.24, 2.45) is 4.99 Å². The normalized spacial score (nSPS) is 22.3. The summed E-state index contributed by atoms with van der Waals surface area (Å²) in [4.78, 5) is 14.7. The van der Waals surface area contributed by atoms with E-state index >= 15 is 0 Å². The summed E-state index contributed by atoms with van der Waals surface area (Å²) < 4.78 is 19.0. The standard InChI is InChI=1S/C12H14FN3O3/c1-12(8-6-7(14)2-3-9(8)13)4-5-19-10(16-12)15-11(17)18/h2-3,6H,4-5,14H2,1H3,(H,15,16)(H,17,18). The fraction of sp³-hybridized carbons (Fsp3) is 0.333. The molecule has 0 saturated carbocycles. The van der Waals surface area contributed by atoms with Crippen molar-refractivity contribution in [1.29, 1.82) is 0 Å². The molecule has 6 nitrogen and oxygen atoms in total. The molecule has 1 aliphatic rings. The van der Waals surface area contributed by atoms with Gasteiger partial charge in [0.25, 0.3) is 6.02 Å². The number of halogens is 1. The monoisotopic (exact) mass is 267 g/mol. The second-order valence-electron chi connectivity index (χ2n) is 4.46. The van der Waals surface area contributed by atoms with Crippen LogP contribution in [0.25, 0.3) is 0 Å². The van der Waals surface area contributed by atoms with Gasteiger partial charge < -0.3 is 15.6 Å². The number of nitrogen functional groups attached to an aromatic ring is 1. The first kappa shape index (κ1) is 13.1. The minimum Gasteiger partial charge on any atom is -0.465 e. The molecule has 1 aliphatic heterocycles. The molecule has 0 spiro atoms. The third-order valence-electron chi connectivity index (χ3n) is 2.96. The number of carbonyl (C=O) groups is 1. The molecule has 0 bridgehead atoms. The largest absolute Gasteiger partial charge is 0.465 e. The molecule has 0 aromatic heterocycles. The highest BCUT2D eigenvalue weighted by Gasteiger charge is 2.33. The zero-order valence-corrected chi connectivity index (χ0v) is 10.3. The van der Waals surface area contributed by atoms with Crippen molar-refractivity contribution >= 4 is 17.8 Å². The van der Waals surface area contributed by atoms with Crippen LogP contribution in [0.3, 0.4) is 0 Å². The van der Waals surface area contributed by atoms with E-state index in [2.05, 4.69) is 4.99 Å². The van der Waals surface area contributed by atoms with Crippen LogP contribution in [0.15, 0.2) is 23.2 Å². The van der Waals surface area contributed by atoms with Crippen LogP contribution in [0.5, 0.6) is 0 Å². The molecule has 4 N–H and O–H groups in total. The van der Waals surface area contributed by atoms with E-state index in [0.29, 0.717) is 17.7 Å². The van der Waals surface area contributed by atoms with E-state index in [1.807, 2.05) is 5.32 Å². The van der Waals surface area contributed by atoms with Crippen molar-refractivity contribution in [2.75, 3.05) is 12.3 Å². The second-order valence-corrected chi connectivity index (χ2v) is 4.46. The highest BCUT2D eigenvalue weighted by molar-refractivity contribution is 5.90. The van der Waals surface area contributed by atoms with Crippen LogP contribution in [0, 0.1) is 5.82 Å². The van der Waals surface area contributed by atoms with Crippen molar-refractivity contribution in [1.82, 2.24) is 5.32 Å². The van der Waals surface area contributed by atoms with Gasteiger partial charge in [0, 0.05) is 17.7 Å². The SMILES string of the molecule is CC1(c2cc(N)ccc2F)CCOC(NC(=O)O)=N1. The van der Waals surface area contributed by atoms with E-state index in [9.17, 15) is 9.18 Å². The molecule has 2 rings (SSSR count). The zero-order valence-electron chi connectivity index (χ0n) is 10.3. The number of nitrogens with two attached hydrogens (primary N) is 1. The van der Waals surface area contributed by atoms with Crippen molar-refractivity contribution in [3.8, 4) is 0 Å². The third-order valence-corrected chi connectivity index (χ3v) is 2.96. The lowest BCUT2D eigenvalue weighted by Crippen LogP contribution is -2.39. The summed E-state index contributed by atoms with van der Waals surface area (Å²) in [5, 5.41) is 10.7. The van der Waals surface area contributed by atoms with Gasteiger partial charge in [0.15, 0.2) is 0 Å². The fourth-order valence-corrected chi connectivity index (χ4v) is 1.96. The van der Waals surface area contributed by atoms with Crippen molar-refractivity contribution in [2.45, 2.75) is 18.9 Å². The Morgan fingerprint density at radius 2 is 2.37 bits per heavy atom. The van der Waals surface area contributed by atoms with Gasteiger partial charge in [0.1, 0.15) is 5.82 Å². The molecule has 0 fully saturated rings. The number of carboxylic acid groups (broad SMARTS) is 1.